The lowest BCUT2D eigenvalue weighted by Gasteiger charge is -2.15. The molecule has 0 aromatic carbocycles. The number of nitrogens with one attached hydrogen (secondary N) is 1. The minimum atomic E-state index is -0.833. The highest BCUT2D eigenvalue weighted by molar-refractivity contribution is 5.62. The normalized spacial score (nSPS) is 11.7. The van der Waals surface area contributed by atoms with E-state index in [1.807, 2.05) is 0 Å². The van der Waals surface area contributed by atoms with Crippen LogP contribution in [0.25, 0.3) is 0 Å². The summed E-state index contributed by atoms with van der Waals surface area (Å²) in [5.41, 5.74) is 0. The van der Waals surface area contributed by atoms with Gasteiger partial charge in [-0.25, -0.2) is 0 Å². The van der Waals surface area contributed by atoms with E-state index in [9.17, 15) is 0 Å². The van der Waals surface area contributed by atoms with Crippen molar-refractivity contribution in [3.05, 3.63) is 0 Å². The molecule has 0 aliphatic heterocycles. The Bertz CT molecular complexity index is 233. The Morgan fingerprint density at radius 2 is 1.35 bits per heavy atom. The first-order valence-electron chi connectivity index (χ1n) is 9.23. The van der Waals surface area contributed by atoms with Gasteiger partial charge in [0.1, 0.15) is 0 Å². The van der Waals surface area contributed by atoms with Crippen molar-refractivity contribution in [2.75, 3.05) is 19.8 Å². The number of aliphatic hydroxyl groups is 2. The van der Waals surface area contributed by atoms with E-state index < -0.39 is 5.97 Å². The van der Waals surface area contributed by atoms with E-state index >= 15 is 0 Å². The highest BCUT2D eigenvalue weighted by Crippen LogP contribution is 2.11. The van der Waals surface area contributed by atoms with Crippen LogP contribution in [0.2, 0.25) is 0 Å². The molecule has 4 N–H and O–H groups in total. The quantitative estimate of drug-likeness (QED) is 0.345. The van der Waals surface area contributed by atoms with Crippen molar-refractivity contribution in [3.63, 3.8) is 0 Å². The summed E-state index contributed by atoms with van der Waals surface area (Å²) in [4.78, 5) is 9.00. The molecule has 23 heavy (non-hydrogen) atoms. The van der Waals surface area contributed by atoms with E-state index in [-0.39, 0.29) is 19.3 Å². The molecular formula is C18H39NO4. The molecule has 0 saturated carbocycles. The number of aliphatic hydroxyl groups excluding tert-OH is 2. The lowest BCUT2D eigenvalue weighted by Crippen LogP contribution is -2.34. The molecule has 0 aromatic heterocycles. The van der Waals surface area contributed by atoms with Gasteiger partial charge >= 0.3 is 0 Å². The number of carboxylic acid groups (broad SMARTS) is 1. The van der Waals surface area contributed by atoms with Crippen molar-refractivity contribution in [1.29, 1.82) is 0 Å². The zero-order valence-electron chi connectivity index (χ0n) is 15.2. The lowest BCUT2D eigenvalue weighted by atomic mass is 10.0. The number of carboxylic acids is 1. The minimum absolute atomic E-state index is 0.147. The maximum Gasteiger partial charge on any atom is 0.300 e. The van der Waals surface area contributed by atoms with Gasteiger partial charge in [0.2, 0.25) is 0 Å². The topological polar surface area (TPSA) is 89.8 Å². The second-order valence-corrected chi connectivity index (χ2v) is 6.05. The predicted molar refractivity (Wildman–Crippen MR) is 95.7 cm³/mol. The van der Waals surface area contributed by atoms with Gasteiger partial charge in [-0.15, -0.1) is 0 Å². The first-order chi connectivity index (χ1) is 11.1. The summed E-state index contributed by atoms with van der Waals surface area (Å²) in [5, 5.41) is 28.4. The molecule has 0 saturated heterocycles. The van der Waals surface area contributed by atoms with Crippen molar-refractivity contribution in [2.45, 2.75) is 90.5 Å². The predicted octanol–water partition coefficient (Wildman–Crippen LogP) is 3.33. The van der Waals surface area contributed by atoms with Crippen LogP contribution in [-0.2, 0) is 4.79 Å². The van der Waals surface area contributed by atoms with Crippen LogP contribution in [-0.4, -0.2) is 47.1 Å². The third-order valence-corrected chi connectivity index (χ3v) is 3.67. The molecular weight excluding hydrogens is 294 g/mol. The summed E-state index contributed by atoms with van der Waals surface area (Å²) < 4.78 is 0. The fraction of sp³-hybridized carbons (Fsp3) is 0.944. The van der Waals surface area contributed by atoms with Gasteiger partial charge in [0.05, 0.1) is 13.2 Å². The highest BCUT2D eigenvalue weighted by atomic mass is 16.4. The van der Waals surface area contributed by atoms with Gasteiger partial charge in [-0.05, 0) is 6.42 Å². The molecule has 140 valence electrons. The first-order valence-corrected chi connectivity index (χ1v) is 9.23. The van der Waals surface area contributed by atoms with Crippen molar-refractivity contribution in [1.82, 2.24) is 5.32 Å². The molecule has 0 bridgehead atoms. The van der Waals surface area contributed by atoms with Gasteiger partial charge in [-0.1, -0.05) is 71.1 Å². The van der Waals surface area contributed by atoms with E-state index in [1.165, 1.54) is 64.2 Å². The summed E-state index contributed by atoms with van der Waals surface area (Å²) in [6, 6.07) is 0.168. The maximum absolute atomic E-state index is 9.15. The second kappa shape index (κ2) is 21.4. The second-order valence-electron chi connectivity index (χ2n) is 6.05. The summed E-state index contributed by atoms with van der Waals surface area (Å²) in [7, 11) is 0. The van der Waals surface area contributed by atoms with Crippen LogP contribution < -0.4 is 5.32 Å². The molecule has 0 aromatic rings. The van der Waals surface area contributed by atoms with E-state index in [1.54, 1.807) is 0 Å². The molecule has 0 rings (SSSR count). The van der Waals surface area contributed by atoms with Crippen molar-refractivity contribution >= 4 is 5.97 Å². The van der Waals surface area contributed by atoms with Gasteiger partial charge < -0.3 is 20.6 Å². The lowest BCUT2D eigenvalue weighted by molar-refractivity contribution is -0.134. The average Bonchev–Trinajstić information content (AvgIpc) is 2.51. The third-order valence-electron chi connectivity index (χ3n) is 3.67. The third kappa shape index (κ3) is 26.6. The molecule has 0 amide bonds. The Morgan fingerprint density at radius 1 is 0.913 bits per heavy atom. The number of unbranched alkanes of at least 4 members (excludes halogenated alkanes) is 9. The molecule has 0 aliphatic carbocycles. The van der Waals surface area contributed by atoms with Gasteiger partial charge in [0.15, 0.2) is 0 Å². The van der Waals surface area contributed by atoms with Crippen LogP contribution in [0.4, 0.5) is 0 Å². The van der Waals surface area contributed by atoms with Crippen LogP contribution in [0.5, 0.6) is 0 Å². The van der Waals surface area contributed by atoms with Gasteiger partial charge in [-0.3, -0.25) is 4.79 Å². The molecule has 0 aliphatic rings. The van der Waals surface area contributed by atoms with Crippen LogP contribution in [0, 0.1) is 0 Å². The van der Waals surface area contributed by atoms with Gasteiger partial charge in [-0.2, -0.15) is 0 Å². The Labute approximate surface area is 142 Å². The molecule has 1 unspecified atom stereocenters. The molecule has 0 fully saturated rings. The molecule has 5 nitrogen and oxygen atoms in total. The van der Waals surface area contributed by atoms with Crippen LogP contribution in [0.3, 0.4) is 0 Å². The van der Waals surface area contributed by atoms with Gasteiger partial charge in [0.25, 0.3) is 5.97 Å². The summed E-state index contributed by atoms with van der Waals surface area (Å²) in [6.45, 7) is 4.25. The number of hydrogen-bond acceptors (Lipinski definition) is 4. The standard InChI is InChI=1S/C16H35NO2.C2H4O2/c1-2-3-4-5-6-7-8-9-10-11-12-16(15-19)17-13-14-18;1-2(3)4/h16-19H,2-15H2,1H3;1H3,(H,3,4). The number of rotatable bonds is 15. The summed E-state index contributed by atoms with van der Waals surface area (Å²) in [5.74, 6) is -0.833. The van der Waals surface area contributed by atoms with Crippen molar-refractivity contribution in [2.24, 2.45) is 0 Å². The van der Waals surface area contributed by atoms with Crippen LogP contribution in [0.15, 0.2) is 0 Å². The molecule has 1 atom stereocenters. The van der Waals surface area contributed by atoms with Crippen molar-refractivity contribution < 1.29 is 20.1 Å². The van der Waals surface area contributed by atoms with Crippen LogP contribution in [0.1, 0.15) is 84.5 Å². The number of aliphatic carboxylic acids is 1. The highest BCUT2D eigenvalue weighted by Gasteiger charge is 2.05. The molecule has 5 heteroatoms. The Balaban J connectivity index is 0. The Kier molecular flexibility index (Phi) is 22.8. The largest absolute Gasteiger partial charge is 0.481 e. The maximum atomic E-state index is 9.15. The fourth-order valence-corrected chi connectivity index (χ4v) is 2.40. The SMILES string of the molecule is CC(=O)O.CCCCCCCCCCCCC(CO)NCCO. The zero-order valence-corrected chi connectivity index (χ0v) is 15.2. The van der Waals surface area contributed by atoms with Crippen LogP contribution >= 0.6 is 0 Å². The zero-order chi connectivity index (χ0) is 17.8. The van der Waals surface area contributed by atoms with E-state index in [2.05, 4.69) is 12.2 Å². The molecule has 0 radical (unpaired) electrons. The summed E-state index contributed by atoms with van der Waals surface area (Å²) in [6.07, 6.45) is 14.5. The molecule has 0 heterocycles. The van der Waals surface area contributed by atoms with Crippen molar-refractivity contribution in [3.8, 4) is 0 Å². The minimum Gasteiger partial charge on any atom is -0.481 e. The smallest absolute Gasteiger partial charge is 0.300 e. The first kappa shape index (κ1) is 24.6. The van der Waals surface area contributed by atoms with E-state index in [4.69, 9.17) is 20.1 Å². The van der Waals surface area contributed by atoms with Gasteiger partial charge in [0, 0.05) is 19.5 Å². The summed E-state index contributed by atoms with van der Waals surface area (Å²) >= 11 is 0. The Morgan fingerprint density at radius 3 is 1.74 bits per heavy atom. The molecule has 0 spiro atoms. The number of carbonyl (C=O) groups is 1. The Hall–Kier alpha value is -0.650. The fourth-order valence-electron chi connectivity index (χ4n) is 2.40. The number of hydrogen-bond donors (Lipinski definition) is 4. The van der Waals surface area contributed by atoms with E-state index in [0.717, 1.165) is 13.3 Å². The monoisotopic (exact) mass is 333 g/mol. The van der Waals surface area contributed by atoms with E-state index in [0.29, 0.717) is 6.54 Å². The average molecular weight is 334 g/mol.